The molecule has 1 unspecified atom stereocenters. The molecule has 170 valence electrons. The molecule has 0 amide bonds. The first-order valence-electron chi connectivity index (χ1n) is 11.6. The first kappa shape index (κ1) is 22.0. The number of carbonyl (C=O) groups excluding carboxylic acids is 2. The molecule has 0 saturated heterocycles. The summed E-state index contributed by atoms with van der Waals surface area (Å²) in [6.07, 6.45) is 7.66. The maximum Gasteiger partial charge on any atom is 0.360 e. The summed E-state index contributed by atoms with van der Waals surface area (Å²) in [5, 5.41) is 0.532. The van der Waals surface area contributed by atoms with E-state index in [4.69, 9.17) is 9.05 Å². The topological polar surface area (TPSA) is 69.7 Å². The van der Waals surface area contributed by atoms with Gasteiger partial charge in [0.2, 0.25) is 0 Å². The molecule has 0 heterocycles. The average Bonchev–Trinajstić information content (AvgIpc) is 3.12. The lowest BCUT2D eigenvalue weighted by atomic mass is 9.53. The van der Waals surface area contributed by atoms with Gasteiger partial charge in [-0.25, -0.2) is 0 Å². The highest BCUT2D eigenvalue weighted by molar-refractivity contribution is 7.62. The standard InChI is InChI=1S/C26H31O5P/c1-26-15-22(16-4-8-19(9-5-16)32(29,30-2)31-3)25-20-11-7-18(27)14-17(20)6-10-21(25)23(26)12-13-24(26)28/h4-5,8-9,14,21-23H,6-7,10-13,15H2,1-3H3/t21-,22+,23?,26-/m0/s1. The normalized spacial score (nSPS) is 32.3. The first-order valence-corrected chi connectivity index (χ1v) is 13.2. The molecule has 32 heavy (non-hydrogen) atoms. The fourth-order valence-corrected chi connectivity index (χ4v) is 7.99. The first-order chi connectivity index (χ1) is 15.3. The number of rotatable bonds is 4. The van der Waals surface area contributed by atoms with Crippen molar-refractivity contribution in [2.45, 2.75) is 57.8 Å². The molecule has 0 radical (unpaired) electrons. The maximum atomic E-state index is 13.0. The zero-order valence-electron chi connectivity index (χ0n) is 19.1. The number of fused-ring (bicyclic) bond motifs is 4. The zero-order chi connectivity index (χ0) is 22.7. The molecule has 0 aromatic heterocycles. The second-order valence-corrected chi connectivity index (χ2v) is 12.2. The van der Waals surface area contributed by atoms with Gasteiger partial charge in [-0.3, -0.25) is 14.2 Å². The molecule has 1 aromatic rings. The predicted molar refractivity (Wildman–Crippen MR) is 123 cm³/mol. The molecule has 0 N–H and O–H groups in total. The molecule has 5 rings (SSSR count). The second-order valence-electron chi connectivity index (χ2n) is 9.91. The van der Waals surface area contributed by atoms with Gasteiger partial charge < -0.3 is 9.05 Å². The van der Waals surface area contributed by atoms with E-state index < -0.39 is 7.60 Å². The summed E-state index contributed by atoms with van der Waals surface area (Å²) in [5.74, 6) is 1.56. The third kappa shape index (κ3) is 3.24. The highest BCUT2D eigenvalue weighted by atomic mass is 31.2. The smallest absolute Gasteiger partial charge is 0.309 e. The van der Waals surface area contributed by atoms with Gasteiger partial charge in [-0.05, 0) is 78.9 Å². The quantitative estimate of drug-likeness (QED) is 0.580. The highest BCUT2D eigenvalue weighted by Crippen LogP contribution is 2.62. The summed E-state index contributed by atoms with van der Waals surface area (Å²) in [4.78, 5) is 25.1. The minimum Gasteiger partial charge on any atom is -0.309 e. The third-order valence-corrected chi connectivity index (χ3v) is 10.4. The van der Waals surface area contributed by atoms with Crippen LogP contribution in [0.1, 0.15) is 63.4 Å². The summed E-state index contributed by atoms with van der Waals surface area (Å²) in [6, 6.07) is 7.70. The number of benzene rings is 1. The van der Waals surface area contributed by atoms with Crippen molar-refractivity contribution in [3.63, 3.8) is 0 Å². The van der Waals surface area contributed by atoms with Crippen molar-refractivity contribution in [2.75, 3.05) is 14.2 Å². The van der Waals surface area contributed by atoms with Crippen molar-refractivity contribution in [1.29, 1.82) is 0 Å². The lowest BCUT2D eigenvalue weighted by Gasteiger charge is -2.50. The zero-order valence-corrected chi connectivity index (χ0v) is 20.0. The third-order valence-electron chi connectivity index (χ3n) is 8.54. The van der Waals surface area contributed by atoms with Gasteiger partial charge in [0.1, 0.15) is 5.78 Å². The Kier molecular flexibility index (Phi) is 5.43. The van der Waals surface area contributed by atoms with Gasteiger partial charge in [0, 0.05) is 38.4 Å². The predicted octanol–water partition coefficient (Wildman–Crippen LogP) is 5.27. The Labute approximate surface area is 189 Å². The summed E-state index contributed by atoms with van der Waals surface area (Å²) in [5.41, 5.74) is 4.89. The second kappa shape index (κ2) is 7.90. The molecule has 4 aliphatic rings. The van der Waals surface area contributed by atoms with Gasteiger partial charge in [0.05, 0.1) is 5.30 Å². The molecular formula is C26H31O5P. The molecule has 5 nitrogen and oxygen atoms in total. The summed E-state index contributed by atoms with van der Waals surface area (Å²) in [6.45, 7) is 2.18. The summed E-state index contributed by atoms with van der Waals surface area (Å²) in [7, 11) is -0.522. The minimum atomic E-state index is -3.31. The Morgan fingerprint density at radius 3 is 2.38 bits per heavy atom. The maximum absolute atomic E-state index is 13.0. The van der Waals surface area contributed by atoms with E-state index in [-0.39, 0.29) is 17.1 Å². The molecule has 2 saturated carbocycles. The Morgan fingerprint density at radius 2 is 1.69 bits per heavy atom. The summed E-state index contributed by atoms with van der Waals surface area (Å²) < 4.78 is 23.1. The van der Waals surface area contributed by atoms with Gasteiger partial charge in [0.15, 0.2) is 5.78 Å². The van der Waals surface area contributed by atoms with Crippen molar-refractivity contribution in [3.8, 4) is 0 Å². The van der Waals surface area contributed by atoms with Crippen LogP contribution in [-0.4, -0.2) is 25.8 Å². The van der Waals surface area contributed by atoms with E-state index in [2.05, 4.69) is 6.92 Å². The van der Waals surface area contributed by atoms with Crippen molar-refractivity contribution in [1.82, 2.24) is 0 Å². The van der Waals surface area contributed by atoms with Crippen LogP contribution in [0.5, 0.6) is 0 Å². The van der Waals surface area contributed by atoms with Crippen molar-refractivity contribution in [2.24, 2.45) is 17.3 Å². The average molecular weight is 455 g/mol. The molecule has 0 aliphatic heterocycles. The SMILES string of the molecule is COP(=O)(OC)c1ccc([C@H]2C[C@]3(C)C(=O)CCC3[C@@H]3CCC4=CC(=O)CCC4=C32)cc1. The van der Waals surface area contributed by atoms with Crippen LogP contribution in [0.25, 0.3) is 0 Å². The van der Waals surface area contributed by atoms with Crippen molar-refractivity contribution in [3.05, 3.63) is 52.6 Å². The number of Topliss-reactive ketones (excluding diaryl/α,β-unsaturated/α-hetero) is 1. The van der Waals surface area contributed by atoms with Crippen LogP contribution in [0.4, 0.5) is 0 Å². The van der Waals surface area contributed by atoms with Crippen LogP contribution in [0.15, 0.2) is 47.1 Å². The van der Waals surface area contributed by atoms with Crippen LogP contribution < -0.4 is 5.30 Å². The van der Waals surface area contributed by atoms with Crippen LogP contribution in [0.2, 0.25) is 0 Å². The Hall–Kier alpha value is -1.81. The Morgan fingerprint density at radius 1 is 0.969 bits per heavy atom. The van der Waals surface area contributed by atoms with E-state index in [1.165, 1.54) is 30.9 Å². The lowest BCUT2D eigenvalue weighted by Crippen LogP contribution is -2.43. The van der Waals surface area contributed by atoms with Crippen LogP contribution in [0, 0.1) is 17.3 Å². The van der Waals surface area contributed by atoms with E-state index in [9.17, 15) is 14.2 Å². The largest absolute Gasteiger partial charge is 0.360 e. The number of carbonyl (C=O) groups is 2. The highest BCUT2D eigenvalue weighted by Gasteiger charge is 2.56. The van der Waals surface area contributed by atoms with E-state index in [0.29, 0.717) is 35.8 Å². The lowest BCUT2D eigenvalue weighted by molar-refractivity contribution is -0.128. The van der Waals surface area contributed by atoms with Gasteiger partial charge in [-0.2, -0.15) is 0 Å². The van der Waals surface area contributed by atoms with Crippen LogP contribution in [0.3, 0.4) is 0 Å². The fraction of sp³-hybridized carbons (Fsp3) is 0.538. The van der Waals surface area contributed by atoms with Gasteiger partial charge in [0.25, 0.3) is 0 Å². The number of hydrogen-bond acceptors (Lipinski definition) is 5. The molecule has 4 aliphatic carbocycles. The van der Waals surface area contributed by atoms with E-state index >= 15 is 0 Å². The molecule has 6 heteroatoms. The van der Waals surface area contributed by atoms with Gasteiger partial charge in [-0.1, -0.05) is 24.6 Å². The Bertz CT molecular complexity index is 1070. The molecule has 2 fully saturated rings. The Balaban J connectivity index is 1.62. The van der Waals surface area contributed by atoms with Gasteiger partial charge in [-0.15, -0.1) is 0 Å². The molecule has 0 bridgehead atoms. The van der Waals surface area contributed by atoms with Gasteiger partial charge >= 0.3 is 7.60 Å². The molecule has 0 spiro atoms. The van der Waals surface area contributed by atoms with Crippen molar-refractivity contribution < 1.29 is 23.2 Å². The molecule has 4 atom stereocenters. The van der Waals surface area contributed by atoms with Crippen LogP contribution in [-0.2, 0) is 23.2 Å². The monoisotopic (exact) mass is 454 g/mol. The van der Waals surface area contributed by atoms with E-state index in [0.717, 1.165) is 37.7 Å². The minimum absolute atomic E-state index is 0.133. The van der Waals surface area contributed by atoms with E-state index in [1.807, 2.05) is 30.3 Å². The number of hydrogen-bond donors (Lipinski definition) is 0. The van der Waals surface area contributed by atoms with E-state index in [1.54, 1.807) is 0 Å². The number of allylic oxidation sites excluding steroid dienone is 4. The van der Waals surface area contributed by atoms with Crippen LogP contribution >= 0.6 is 7.60 Å². The molecule has 1 aromatic carbocycles. The fourth-order valence-electron chi connectivity index (χ4n) is 6.91. The summed E-state index contributed by atoms with van der Waals surface area (Å²) >= 11 is 0. The van der Waals surface area contributed by atoms with Crippen molar-refractivity contribution >= 4 is 24.5 Å². The molecular weight excluding hydrogens is 423 g/mol. The number of ketones is 2.